The maximum absolute atomic E-state index is 12.9. The minimum atomic E-state index is -3.93. The predicted molar refractivity (Wildman–Crippen MR) is 87.8 cm³/mol. The van der Waals surface area contributed by atoms with Crippen LogP contribution >= 0.6 is 0 Å². The smallest absolute Gasteiger partial charge is 0.245 e. The van der Waals surface area contributed by atoms with Crippen LogP contribution in [0.5, 0.6) is 0 Å². The molecule has 3 aromatic rings. The largest absolute Gasteiger partial charge is 0.324 e. The SMILES string of the molecule is CC(C(=O)Nc1nc2ccccc2[nH]1)S(=O)(=O)c1ccc(F)cc1. The average Bonchev–Trinajstić information content (AvgIpc) is 2.96. The number of aromatic nitrogens is 2. The molecule has 0 spiro atoms. The molecule has 0 aliphatic heterocycles. The molecule has 1 aromatic heterocycles. The third kappa shape index (κ3) is 3.00. The van der Waals surface area contributed by atoms with Crippen LogP contribution < -0.4 is 5.32 Å². The van der Waals surface area contributed by atoms with Crippen molar-refractivity contribution in [1.29, 1.82) is 0 Å². The fourth-order valence-electron chi connectivity index (χ4n) is 2.20. The molecule has 0 radical (unpaired) electrons. The normalized spacial score (nSPS) is 12.9. The summed E-state index contributed by atoms with van der Waals surface area (Å²) in [4.78, 5) is 19.2. The molecule has 1 amide bonds. The number of para-hydroxylation sites is 2. The lowest BCUT2D eigenvalue weighted by Crippen LogP contribution is -2.33. The summed E-state index contributed by atoms with van der Waals surface area (Å²) in [5, 5.41) is 1.11. The van der Waals surface area contributed by atoms with Crippen LogP contribution in [-0.2, 0) is 14.6 Å². The van der Waals surface area contributed by atoms with Gasteiger partial charge in [-0.05, 0) is 43.3 Å². The summed E-state index contributed by atoms with van der Waals surface area (Å²) >= 11 is 0. The number of carbonyl (C=O) groups excluding carboxylic acids is 1. The second kappa shape index (κ2) is 6.04. The van der Waals surface area contributed by atoms with Crippen molar-refractivity contribution in [3.63, 3.8) is 0 Å². The van der Waals surface area contributed by atoms with Gasteiger partial charge in [0.15, 0.2) is 9.84 Å². The Hall–Kier alpha value is -2.74. The van der Waals surface area contributed by atoms with Crippen LogP contribution in [-0.4, -0.2) is 29.5 Å². The van der Waals surface area contributed by atoms with E-state index < -0.39 is 26.8 Å². The molecule has 0 fully saturated rings. The van der Waals surface area contributed by atoms with Crippen molar-refractivity contribution in [2.24, 2.45) is 0 Å². The van der Waals surface area contributed by atoms with Crippen molar-refractivity contribution in [3.8, 4) is 0 Å². The van der Waals surface area contributed by atoms with Gasteiger partial charge in [0.1, 0.15) is 11.1 Å². The summed E-state index contributed by atoms with van der Waals surface area (Å²) in [6, 6.07) is 11.5. The first-order chi connectivity index (χ1) is 11.4. The maximum Gasteiger partial charge on any atom is 0.245 e. The van der Waals surface area contributed by atoms with Crippen LogP contribution in [0.3, 0.4) is 0 Å². The number of sulfone groups is 1. The molecule has 1 unspecified atom stereocenters. The summed E-state index contributed by atoms with van der Waals surface area (Å²) in [6.07, 6.45) is 0. The monoisotopic (exact) mass is 347 g/mol. The number of halogens is 1. The Morgan fingerprint density at radius 3 is 2.50 bits per heavy atom. The van der Waals surface area contributed by atoms with E-state index in [2.05, 4.69) is 15.3 Å². The van der Waals surface area contributed by atoms with Crippen molar-refractivity contribution in [2.75, 3.05) is 5.32 Å². The molecule has 0 bridgehead atoms. The number of nitrogens with one attached hydrogen (secondary N) is 2. The van der Waals surface area contributed by atoms with E-state index in [1.165, 1.54) is 6.92 Å². The van der Waals surface area contributed by atoms with Crippen molar-refractivity contribution in [1.82, 2.24) is 9.97 Å². The topological polar surface area (TPSA) is 91.9 Å². The first-order valence-corrected chi connectivity index (χ1v) is 8.67. The fraction of sp³-hybridized carbons (Fsp3) is 0.125. The van der Waals surface area contributed by atoms with Gasteiger partial charge in [-0.2, -0.15) is 0 Å². The molecule has 24 heavy (non-hydrogen) atoms. The van der Waals surface area contributed by atoms with E-state index in [-0.39, 0.29) is 10.8 Å². The molecule has 2 N–H and O–H groups in total. The van der Waals surface area contributed by atoms with Crippen LogP contribution in [0.1, 0.15) is 6.92 Å². The second-order valence-electron chi connectivity index (χ2n) is 5.23. The lowest BCUT2D eigenvalue weighted by atomic mass is 10.3. The Balaban J connectivity index is 1.82. The van der Waals surface area contributed by atoms with Crippen LogP contribution in [0.2, 0.25) is 0 Å². The van der Waals surface area contributed by atoms with E-state index in [4.69, 9.17) is 0 Å². The van der Waals surface area contributed by atoms with Crippen LogP contribution in [0.25, 0.3) is 11.0 Å². The maximum atomic E-state index is 12.9. The minimum absolute atomic E-state index is 0.115. The molecule has 0 aliphatic carbocycles. The van der Waals surface area contributed by atoms with Crippen molar-refractivity contribution in [2.45, 2.75) is 17.1 Å². The highest BCUT2D eigenvalue weighted by Crippen LogP contribution is 2.19. The summed E-state index contributed by atoms with van der Waals surface area (Å²) < 4.78 is 37.8. The predicted octanol–water partition coefficient (Wildman–Crippen LogP) is 2.50. The first kappa shape index (κ1) is 16.1. The van der Waals surface area contributed by atoms with E-state index in [0.29, 0.717) is 5.52 Å². The summed E-state index contributed by atoms with van der Waals surface area (Å²) in [5.41, 5.74) is 1.38. The van der Waals surface area contributed by atoms with E-state index >= 15 is 0 Å². The number of amides is 1. The van der Waals surface area contributed by atoms with Gasteiger partial charge in [-0.15, -0.1) is 0 Å². The number of hydrogen-bond acceptors (Lipinski definition) is 4. The summed E-state index contributed by atoms with van der Waals surface area (Å²) in [6.45, 7) is 1.27. The highest BCUT2D eigenvalue weighted by Gasteiger charge is 2.30. The van der Waals surface area contributed by atoms with Gasteiger partial charge < -0.3 is 4.98 Å². The first-order valence-electron chi connectivity index (χ1n) is 7.13. The van der Waals surface area contributed by atoms with Crippen LogP contribution in [0, 0.1) is 5.82 Å². The highest BCUT2D eigenvalue weighted by atomic mass is 32.2. The van der Waals surface area contributed by atoms with Crippen LogP contribution in [0.15, 0.2) is 53.4 Å². The zero-order chi connectivity index (χ0) is 17.3. The van der Waals surface area contributed by atoms with E-state index in [1.807, 2.05) is 6.07 Å². The number of H-pyrrole nitrogens is 1. The lowest BCUT2D eigenvalue weighted by Gasteiger charge is -2.12. The lowest BCUT2D eigenvalue weighted by molar-refractivity contribution is -0.115. The number of carbonyl (C=O) groups is 1. The second-order valence-corrected chi connectivity index (χ2v) is 7.50. The molecule has 1 atom stereocenters. The number of aromatic amines is 1. The minimum Gasteiger partial charge on any atom is -0.324 e. The number of nitrogens with zero attached hydrogens (tertiary/aromatic N) is 1. The van der Waals surface area contributed by atoms with Gasteiger partial charge in [0.25, 0.3) is 0 Å². The number of benzene rings is 2. The summed E-state index contributed by atoms with van der Waals surface area (Å²) in [5.74, 6) is -1.10. The van der Waals surface area contributed by atoms with Gasteiger partial charge in [0, 0.05) is 0 Å². The number of rotatable bonds is 4. The Morgan fingerprint density at radius 1 is 1.17 bits per heavy atom. The van der Waals surface area contributed by atoms with Crippen LogP contribution in [0.4, 0.5) is 10.3 Å². The van der Waals surface area contributed by atoms with E-state index in [9.17, 15) is 17.6 Å². The van der Waals surface area contributed by atoms with Gasteiger partial charge in [-0.3, -0.25) is 10.1 Å². The van der Waals surface area contributed by atoms with Gasteiger partial charge in [0.2, 0.25) is 11.9 Å². The van der Waals surface area contributed by atoms with Gasteiger partial charge in [-0.25, -0.2) is 17.8 Å². The zero-order valence-electron chi connectivity index (χ0n) is 12.7. The molecular weight excluding hydrogens is 333 g/mol. The molecule has 124 valence electrons. The zero-order valence-corrected chi connectivity index (χ0v) is 13.5. The van der Waals surface area contributed by atoms with Gasteiger partial charge in [-0.1, -0.05) is 12.1 Å². The summed E-state index contributed by atoms with van der Waals surface area (Å²) in [7, 11) is -3.93. The van der Waals surface area contributed by atoms with Crippen molar-refractivity contribution < 1.29 is 17.6 Å². The average molecular weight is 347 g/mol. The Morgan fingerprint density at radius 2 is 1.83 bits per heavy atom. The molecular formula is C16H14FN3O3S. The highest BCUT2D eigenvalue weighted by molar-refractivity contribution is 7.92. The standard InChI is InChI=1S/C16H14FN3O3S/c1-10(24(22,23)12-8-6-11(17)7-9-12)15(21)20-16-18-13-4-2-3-5-14(13)19-16/h2-10H,1H3,(H2,18,19,20,21). The fourth-order valence-corrected chi connectivity index (χ4v) is 3.46. The third-order valence-electron chi connectivity index (χ3n) is 3.61. The molecule has 3 rings (SSSR count). The Bertz CT molecular complexity index is 964. The molecule has 0 saturated heterocycles. The number of hydrogen-bond donors (Lipinski definition) is 2. The molecule has 2 aromatic carbocycles. The van der Waals surface area contributed by atoms with E-state index in [1.54, 1.807) is 18.2 Å². The molecule has 1 heterocycles. The molecule has 0 aliphatic rings. The van der Waals surface area contributed by atoms with Gasteiger partial charge in [0.05, 0.1) is 15.9 Å². The Kier molecular flexibility index (Phi) is 4.06. The molecule has 0 saturated carbocycles. The number of fused-ring (bicyclic) bond motifs is 1. The quantitative estimate of drug-likeness (QED) is 0.709. The van der Waals surface area contributed by atoms with E-state index in [0.717, 1.165) is 29.8 Å². The van der Waals surface area contributed by atoms with Crippen molar-refractivity contribution >= 4 is 32.7 Å². The Labute approximate surface area is 137 Å². The molecule has 8 heteroatoms. The molecule has 6 nitrogen and oxygen atoms in total. The van der Waals surface area contributed by atoms with Gasteiger partial charge >= 0.3 is 0 Å². The van der Waals surface area contributed by atoms with Crippen molar-refractivity contribution in [3.05, 3.63) is 54.3 Å². The number of imidazole rings is 1. The third-order valence-corrected chi connectivity index (χ3v) is 5.68. The number of anilines is 1.